The number of amides is 1. The Morgan fingerprint density at radius 2 is 1.95 bits per heavy atom. The first-order valence-corrected chi connectivity index (χ1v) is 8.10. The van der Waals surface area contributed by atoms with Gasteiger partial charge in [-0.05, 0) is 31.2 Å². The lowest BCUT2D eigenvalue weighted by Gasteiger charge is -2.14. The minimum Gasteiger partial charge on any atom is -0.325 e. The molecule has 0 aliphatic carbocycles. The molecule has 1 aromatic heterocycles. The van der Waals surface area contributed by atoms with Crippen molar-refractivity contribution in [3.05, 3.63) is 51.2 Å². The number of carbonyl (C=O) groups is 2. The van der Waals surface area contributed by atoms with E-state index in [1.807, 2.05) is 19.2 Å². The van der Waals surface area contributed by atoms with Gasteiger partial charge in [0.25, 0.3) is 5.91 Å². The number of halogens is 1. The van der Waals surface area contributed by atoms with Gasteiger partial charge in [0.15, 0.2) is 12.3 Å². The first-order valence-electron chi connectivity index (χ1n) is 6.91. The maximum Gasteiger partial charge on any atom is 0.279 e. The van der Waals surface area contributed by atoms with Crippen LogP contribution in [-0.2, 0) is 11.3 Å². The summed E-state index contributed by atoms with van der Waals surface area (Å²) in [6, 6.07) is 10.9. The maximum atomic E-state index is 12.1. The third-order valence-corrected chi connectivity index (χ3v) is 4.38. The molecule has 22 heavy (non-hydrogen) atoms. The molecule has 1 heterocycles. The van der Waals surface area contributed by atoms with Gasteiger partial charge in [0.1, 0.15) is 6.54 Å². The summed E-state index contributed by atoms with van der Waals surface area (Å²) in [7, 11) is 1.95. The van der Waals surface area contributed by atoms with Crippen molar-refractivity contribution in [2.75, 3.05) is 18.9 Å². The Bertz CT molecular complexity index is 684. The lowest BCUT2D eigenvalue weighted by Crippen LogP contribution is -3.08. The average Bonchev–Trinajstić information content (AvgIpc) is 2.83. The lowest BCUT2D eigenvalue weighted by molar-refractivity contribution is -0.884. The van der Waals surface area contributed by atoms with Crippen LogP contribution in [0.5, 0.6) is 0 Å². The number of nitrogens with one attached hydrogen (secondary N) is 2. The zero-order valence-electron chi connectivity index (χ0n) is 12.5. The Balaban J connectivity index is 1.94. The van der Waals surface area contributed by atoms with E-state index < -0.39 is 0 Å². The highest BCUT2D eigenvalue weighted by Crippen LogP contribution is 2.20. The molecule has 0 aliphatic rings. The summed E-state index contributed by atoms with van der Waals surface area (Å²) in [5, 5.41) is 2.81. The van der Waals surface area contributed by atoms with E-state index in [1.165, 1.54) is 18.3 Å². The van der Waals surface area contributed by atoms with Crippen LogP contribution in [-0.4, -0.2) is 25.3 Å². The number of carbonyl (C=O) groups excluding carboxylic acids is 2. The molecule has 4 nitrogen and oxygen atoms in total. The van der Waals surface area contributed by atoms with Crippen LogP contribution in [0.15, 0.2) is 36.4 Å². The number of hydrogen-bond donors (Lipinski definition) is 2. The SMILES string of the molecule is CC(=O)c1ccccc1NC(=O)C[NH+](C)Cc1ccc(Cl)s1. The molecule has 1 aromatic carbocycles. The summed E-state index contributed by atoms with van der Waals surface area (Å²) in [6.07, 6.45) is 0. The van der Waals surface area contributed by atoms with E-state index in [-0.39, 0.29) is 11.7 Å². The van der Waals surface area contributed by atoms with E-state index in [1.54, 1.807) is 24.3 Å². The van der Waals surface area contributed by atoms with Gasteiger partial charge in [0.05, 0.1) is 21.9 Å². The predicted molar refractivity (Wildman–Crippen MR) is 89.9 cm³/mol. The number of thiophene rings is 1. The third kappa shape index (κ3) is 4.66. The second-order valence-electron chi connectivity index (χ2n) is 5.17. The molecule has 2 N–H and O–H groups in total. The summed E-state index contributed by atoms with van der Waals surface area (Å²) in [6.45, 7) is 2.55. The Hall–Kier alpha value is -1.69. The summed E-state index contributed by atoms with van der Waals surface area (Å²) < 4.78 is 0.752. The number of likely N-dealkylation sites (N-methyl/N-ethyl adjacent to an activating group) is 1. The van der Waals surface area contributed by atoms with Gasteiger partial charge in [0.2, 0.25) is 0 Å². The van der Waals surface area contributed by atoms with Crippen LogP contribution in [0.1, 0.15) is 22.2 Å². The van der Waals surface area contributed by atoms with Crippen molar-refractivity contribution in [3.8, 4) is 0 Å². The van der Waals surface area contributed by atoms with Crippen LogP contribution < -0.4 is 10.2 Å². The summed E-state index contributed by atoms with van der Waals surface area (Å²) in [4.78, 5) is 25.9. The van der Waals surface area contributed by atoms with E-state index in [0.717, 1.165) is 20.7 Å². The Labute approximate surface area is 138 Å². The minimum absolute atomic E-state index is 0.0650. The number of rotatable bonds is 6. The van der Waals surface area contributed by atoms with Crippen molar-refractivity contribution in [2.45, 2.75) is 13.5 Å². The van der Waals surface area contributed by atoms with Gasteiger partial charge in [-0.15, -0.1) is 11.3 Å². The van der Waals surface area contributed by atoms with Gasteiger partial charge in [-0.2, -0.15) is 0 Å². The van der Waals surface area contributed by atoms with Gasteiger partial charge >= 0.3 is 0 Å². The molecule has 0 saturated carbocycles. The molecule has 0 fully saturated rings. The number of para-hydroxylation sites is 1. The topological polar surface area (TPSA) is 50.6 Å². The van der Waals surface area contributed by atoms with Crippen LogP contribution in [0.25, 0.3) is 0 Å². The fourth-order valence-electron chi connectivity index (χ4n) is 2.17. The molecule has 0 spiro atoms. The first-order chi connectivity index (χ1) is 10.5. The molecule has 6 heteroatoms. The second kappa shape index (κ2) is 7.54. The van der Waals surface area contributed by atoms with E-state index in [0.29, 0.717) is 17.8 Å². The smallest absolute Gasteiger partial charge is 0.279 e. The van der Waals surface area contributed by atoms with Crippen molar-refractivity contribution >= 4 is 40.3 Å². The van der Waals surface area contributed by atoms with Gasteiger partial charge in [-0.3, -0.25) is 9.59 Å². The molecule has 1 unspecified atom stereocenters. The maximum absolute atomic E-state index is 12.1. The molecular weight excluding hydrogens is 320 g/mol. The van der Waals surface area contributed by atoms with Crippen molar-refractivity contribution in [1.29, 1.82) is 0 Å². The summed E-state index contributed by atoms with van der Waals surface area (Å²) in [5.41, 5.74) is 1.09. The van der Waals surface area contributed by atoms with Crippen LogP contribution in [0, 0.1) is 0 Å². The summed E-state index contributed by atoms with van der Waals surface area (Å²) in [5.74, 6) is -0.182. The van der Waals surface area contributed by atoms with E-state index in [4.69, 9.17) is 11.6 Å². The molecular formula is C16H18ClN2O2S+. The molecule has 116 valence electrons. The number of ketones is 1. The van der Waals surface area contributed by atoms with Gasteiger partial charge in [-0.1, -0.05) is 23.7 Å². The van der Waals surface area contributed by atoms with Crippen LogP contribution in [0.2, 0.25) is 4.34 Å². The van der Waals surface area contributed by atoms with Crippen molar-refractivity contribution in [1.82, 2.24) is 0 Å². The van der Waals surface area contributed by atoms with Crippen molar-refractivity contribution < 1.29 is 14.5 Å². The Morgan fingerprint density at radius 3 is 2.59 bits per heavy atom. The highest BCUT2D eigenvalue weighted by molar-refractivity contribution is 7.16. The highest BCUT2D eigenvalue weighted by Gasteiger charge is 2.14. The minimum atomic E-state index is -0.117. The van der Waals surface area contributed by atoms with Gasteiger partial charge in [-0.25, -0.2) is 0 Å². The largest absolute Gasteiger partial charge is 0.325 e. The quantitative estimate of drug-likeness (QED) is 0.794. The third-order valence-electron chi connectivity index (χ3n) is 3.15. The number of benzene rings is 1. The number of anilines is 1. The monoisotopic (exact) mass is 337 g/mol. The molecule has 0 radical (unpaired) electrons. The molecule has 1 atom stereocenters. The fourth-order valence-corrected chi connectivity index (χ4v) is 3.38. The summed E-state index contributed by atoms with van der Waals surface area (Å²) >= 11 is 7.42. The number of quaternary nitrogens is 1. The van der Waals surface area contributed by atoms with Gasteiger partial charge < -0.3 is 10.2 Å². The second-order valence-corrected chi connectivity index (χ2v) is 6.97. The molecule has 0 saturated heterocycles. The number of Topliss-reactive ketones (excluding diaryl/α,β-unsaturated/α-hetero) is 1. The lowest BCUT2D eigenvalue weighted by atomic mass is 10.1. The van der Waals surface area contributed by atoms with E-state index >= 15 is 0 Å². The van der Waals surface area contributed by atoms with Gasteiger partial charge in [0, 0.05) is 5.56 Å². The zero-order valence-corrected chi connectivity index (χ0v) is 14.1. The highest BCUT2D eigenvalue weighted by atomic mass is 35.5. The van der Waals surface area contributed by atoms with Crippen LogP contribution in [0.4, 0.5) is 5.69 Å². The molecule has 1 amide bonds. The van der Waals surface area contributed by atoms with Crippen molar-refractivity contribution in [3.63, 3.8) is 0 Å². The first kappa shape index (κ1) is 16.7. The fraction of sp³-hybridized carbons (Fsp3) is 0.250. The molecule has 0 aliphatic heterocycles. The Morgan fingerprint density at radius 1 is 1.23 bits per heavy atom. The van der Waals surface area contributed by atoms with Crippen LogP contribution >= 0.6 is 22.9 Å². The van der Waals surface area contributed by atoms with E-state index in [2.05, 4.69) is 5.32 Å². The molecule has 2 aromatic rings. The number of hydrogen-bond acceptors (Lipinski definition) is 3. The predicted octanol–water partition coefficient (Wildman–Crippen LogP) is 2.26. The average molecular weight is 338 g/mol. The molecule has 0 bridgehead atoms. The van der Waals surface area contributed by atoms with Crippen LogP contribution in [0.3, 0.4) is 0 Å². The van der Waals surface area contributed by atoms with Crippen molar-refractivity contribution in [2.24, 2.45) is 0 Å². The Kier molecular flexibility index (Phi) is 5.71. The van der Waals surface area contributed by atoms with E-state index in [9.17, 15) is 9.59 Å². The molecule has 2 rings (SSSR count). The normalized spacial score (nSPS) is 12.0. The standard InChI is InChI=1S/C16H17ClN2O2S/c1-11(20)13-5-3-4-6-14(13)18-16(21)10-19(2)9-12-7-8-15(17)22-12/h3-8H,9-10H2,1-2H3,(H,18,21)/p+1. The zero-order chi connectivity index (χ0) is 16.1.